The van der Waals surface area contributed by atoms with Crippen molar-refractivity contribution in [1.29, 1.82) is 0 Å². The van der Waals surface area contributed by atoms with Gasteiger partial charge in [0, 0.05) is 22.8 Å². The van der Waals surface area contributed by atoms with Crippen molar-refractivity contribution in [3.8, 4) is 11.5 Å². The lowest BCUT2D eigenvalue weighted by molar-refractivity contribution is 0.357. The van der Waals surface area contributed by atoms with Gasteiger partial charge in [0.25, 0.3) is 0 Å². The molecule has 3 N–H and O–H groups in total. The Balaban J connectivity index is 1.62. The first-order chi connectivity index (χ1) is 12.6. The lowest BCUT2D eigenvalue weighted by Crippen LogP contribution is -2.08. The second-order valence-electron chi connectivity index (χ2n) is 7.15. The number of aromatic amines is 1. The monoisotopic (exact) mass is 476 g/mol. The highest BCUT2D eigenvalue weighted by atomic mass is 79.9. The van der Waals surface area contributed by atoms with Crippen LogP contribution in [-0.4, -0.2) is 4.98 Å². The largest absolute Gasteiger partial charge is 0.455 e. The number of anilines is 1. The third kappa shape index (κ3) is 3.79. The summed E-state index contributed by atoms with van der Waals surface area (Å²) in [6.07, 6.45) is 10.2. The zero-order valence-corrected chi connectivity index (χ0v) is 17.7. The van der Waals surface area contributed by atoms with E-state index in [2.05, 4.69) is 55.2 Å². The maximum absolute atomic E-state index is 6.15. The van der Waals surface area contributed by atoms with E-state index in [1.54, 1.807) is 0 Å². The molecule has 1 heterocycles. The summed E-state index contributed by atoms with van der Waals surface area (Å²) in [4.78, 5) is 3.41. The molecule has 3 aromatic rings. The zero-order valence-electron chi connectivity index (χ0n) is 14.5. The predicted molar refractivity (Wildman–Crippen MR) is 115 cm³/mol. The highest BCUT2D eigenvalue weighted by Crippen LogP contribution is 2.39. The number of halogens is 2. The summed E-state index contributed by atoms with van der Waals surface area (Å²) in [7, 11) is 0. The summed E-state index contributed by atoms with van der Waals surface area (Å²) in [5.41, 5.74) is 9.12. The van der Waals surface area contributed by atoms with Crippen molar-refractivity contribution in [2.24, 2.45) is 5.92 Å². The molecule has 0 radical (unpaired) electrons. The number of ether oxygens (including phenoxy) is 1. The van der Waals surface area contributed by atoms with E-state index in [1.807, 2.05) is 18.2 Å². The fraction of sp³-hybridized carbons (Fsp3) is 0.333. The Morgan fingerprint density at radius 2 is 1.77 bits per heavy atom. The van der Waals surface area contributed by atoms with Gasteiger partial charge in [0.05, 0.1) is 8.95 Å². The Labute approximate surface area is 170 Å². The summed E-state index contributed by atoms with van der Waals surface area (Å²) in [5, 5.41) is 1.26. The van der Waals surface area contributed by atoms with E-state index in [0.29, 0.717) is 5.69 Å². The number of aromatic nitrogens is 1. The first kappa shape index (κ1) is 17.9. The van der Waals surface area contributed by atoms with Crippen molar-refractivity contribution >= 4 is 48.5 Å². The fourth-order valence-electron chi connectivity index (χ4n) is 3.89. The molecule has 2 aromatic carbocycles. The van der Waals surface area contributed by atoms with Crippen molar-refractivity contribution in [2.75, 3.05) is 5.73 Å². The second-order valence-corrected chi connectivity index (χ2v) is 8.85. The average molecular weight is 478 g/mol. The van der Waals surface area contributed by atoms with Crippen molar-refractivity contribution in [2.45, 2.75) is 38.5 Å². The smallest absolute Gasteiger partial charge is 0.155 e. The van der Waals surface area contributed by atoms with E-state index in [0.717, 1.165) is 32.8 Å². The zero-order chi connectivity index (χ0) is 18.1. The van der Waals surface area contributed by atoms with Gasteiger partial charge in [0.2, 0.25) is 0 Å². The molecule has 26 heavy (non-hydrogen) atoms. The van der Waals surface area contributed by atoms with E-state index >= 15 is 0 Å². The minimum absolute atomic E-state index is 0.687. The van der Waals surface area contributed by atoms with Gasteiger partial charge in [-0.2, -0.15) is 0 Å². The minimum Gasteiger partial charge on any atom is -0.455 e. The molecule has 0 bridgehead atoms. The van der Waals surface area contributed by atoms with Crippen LogP contribution in [0.15, 0.2) is 45.5 Å². The van der Waals surface area contributed by atoms with Gasteiger partial charge in [-0.15, -0.1) is 0 Å². The van der Waals surface area contributed by atoms with Crippen LogP contribution in [0.1, 0.15) is 37.7 Å². The van der Waals surface area contributed by atoms with Gasteiger partial charge in [-0.3, -0.25) is 0 Å². The quantitative estimate of drug-likeness (QED) is 0.390. The summed E-state index contributed by atoms with van der Waals surface area (Å²) in [5.74, 6) is 2.38. The Morgan fingerprint density at radius 1 is 1.04 bits per heavy atom. The number of rotatable bonds is 4. The average Bonchev–Trinajstić information content (AvgIpc) is 3.01. The Kier molecular flexibility index (Phi) is 5.28. The molecule has 0 aliphatic heterocycles. The third-order valence-corrected chi connectivity index (χ3v) is 6.39. The molecule has 3 nitrogen and oxygen atoms in total. The topological polar surface area (TPSA) is 51.0 Å². The van der Waals surface area contributed by atoms with Gasteiger partial charge in [-0.25, -0.2) is 0 Å². The molecule has 4 rings (SSSR count). The van der Waals surface area contributed by atoms with Crippen LogP contribution in [0.4, 0.5) is 5.69 Å². The number of H-pyrrole nitrogens is 1. The lowest BCUT2D eigenvalue weighted by Gasteiger charge is -2.21. The van der Waals surface area contributed by atoms with Gasteiger partial charge in [-0.05, 0) is 80.1 Å². The van der Waals surface area contributed by atoms with Crippen LogP contribution in [0.25, 0.3) is 10.9 Å². The van der Waals surface area contributed by atoms with E-state index < -0.39 is 0 Å². The highest BCUT2D eigenvalue weighted by Gasteiger charge is 2.17. The summed E-state index contributed by atoms with van der Waals surface area (Å²) < 4.78 is 7.82. The van der Waals surface area contributed by atoms with Gasteiger partial charge in [0.1, 0.15) is 5.75 Å². The van der Waals surface area contributed by atoms with E-state index in [1.165, 1.54) is 48.6 Å². The maximum atomic E-state index is 6.15. The molecule has 1 aliphatic rings. The molecule has 0 spiro atoms. The number of hydrogen-bond donors (Lipinski definition) is 2. The summed E-state index contributed by atoms with van der Waals surface area (Å²) in [6.45, 7) is 0. The molecule has 1 aromatic heterocycles. The normalized spacial score (nSPS) is 15.5. The molecule has 1 saturated carbocycles. The van der Waals surface area contributed by atoms with Crippen LogP contribution in [0.5, 0.6) is 11.5 Å². The van der Waals surface area contributed by atoms with Crippen LogP contribution >= 0.6 is 31.9 Å². The van der Waals surface area contributed by atoms with Crippen LogP contribution in [0, 0.1) is 5.92 Å². The molecule has 5 heteroatoms. The van der Waals surface area contributed by atoms with Crippen LogP contribution in [-0.2, 0) is 6.42 Å². The summed E-state index contributed by atoms with van der Waals surface area (Å²) >= 11 is 7.07. The third-order valence-electron chi connectivity index (χ3n) is 5.21. The first-order valence-corrected chi connectivity index (χ1v) is 10.7. The number of nitrogens with two attached hydrogens (primary N) is 1. The SMILES string of the molecule is Nc1cc(Br)c(Oc2ccc3[nH]cc(CC4CCCCC4)c3c2)c(Br)c1. The van der Waals surface area contributed by atoms with Crippen molar-refractivity contribution < 1.29 is 4.74 Å². The van der Waals surface area contributed by atoms with Gasteiger partial charge in [0.15, 0.2) is 5.75 Å². The maximum Gasteiger partial charge on any atom is 0.155 e. The Bertz CT molecular complexity index is 906. The number of nitrogens with one attached hydrogen (secondary N) is 1. The molecule has 0 unspecified atom stereocenters. The molecule has 1 fully saturated rings. The Hall–Kier alpha value is -1.46. The van der Waals surface area contributed by atoms with E-state index in [-0.39, 0.29) is 0 Å². The minimum atomic E-state index is 0.687. The van der Waals surface area contributed by atoms with E-state index in [9.17, 15) is 0 Å². The van der Waals surface area contributed by atoms with Crippen molar-refractivity contribution in [1.82, 2.24) is 4.98 Å². The highest BCUT2D eigenvalue weighted by molar-refractivity contribution is 9.11. The molecular formula is C21H22Br2N2O. The van der Waals surface area contributed by atoms with Gasteiger partial charge < -0.3 is 15.5 Å². The van der Waals surface area contributed by atoms with Crippen molar-refractivity contribution in [3.63, 3.8) is 0 Å². The fourth-order valence-corrected chi connectivity index (χ4v) is 5.27. The second kappa shape index (κ2) is 7.65. The lowest BCUT2D eigenvalue weighted by atomic mass is 9.85. The van der Waals surface area contributed by atoms with Crippen LogP contribution < -0.4 is 10.5 Å². The standard InChI is InChI=1S/C21H22Br2N2O/c22-18-9-15(24)10-19(23)21(18)26-16-6-7-20-17(11-16)14(12-25-20)8-13-4-2-1-3-5-13/h6-7,9-13,25H,1-5,8,24H2. The molecule has 136 valence electrons. The summed E-state index contributed by atoms with van der Waals surface area (Å²) in [6, 6.07) is 9.93. The number of nitrogen functional groups attached to an aromatic ring is 1. The molecule has 1 aliphatic carbocycles. The number of benzene rings is 2. The van der Waals surface area contributed by atoms with Crippen molar-refractivity contribution in [3.05, 3.63) is 51.0 Å². The van der Waals surface area contributed by atoms with Gasteiger partial charge >= 0.3 is 0 Å². The van der Waals surface area contributed by atoms with E-state index in [4.69, 9.17) is 10.5 Å². The molecular weight excluding hydrogens is 456 g/mol. The predicted octanol–water partition coefficient (Wildman–Crippen LogP) is 7.19. The molecule has 0 amide bonds. The number of hydrogen-bond acceptors (Lipinski definition) is 2. The van der Waals surface area contributed by atoms with Gasteiger partial charge in [-0.1, -0.05) is 32.1 Å². The van der Waals surface area contributed by atoms with Crippen LogP contribution in [0.2, 0.25) is 0 Å². The molecule has 0 atom stereocenters. The number of fused-ring (bicyclic) bond motifs is 1. The Morgan fingerprint density at radius 3 is 2.50 bits per heavy atom. The molecule has 0 saturated heterocycles. The first-order valence-electron chi connectivity index (χ1n) is 9.12. The van der Waals surface area contributed by atoms with Crippen LogP contribution in [0.3, 0.4) is 0 Å².